The molecule has 0 bridgehead atoms. The first-order valence-electron chi connectivity index (χ1n) is 7.51. The van der Waals surface area contributed by atoms with Crippen LogP contribution in [0.15, 0.2) is 53.3 Å². The van der Waals surface area contributed by atoms with E-state index < -0.39 is 0 Å². The molecule has 4 nitrogen and oxygen atoms in total. The summed E-state index contributed by atoms with van der Waals surface area (Å²) in [6, 6.07) is 15.0. The van der Waals surface area contributed by atoms with Crippen LogP contribution in [0.3, 0.4) is 0 Å². The van der Waals surface area contributed by atoms with Gasteiger partial charge in [-0.05, 0) is 43.0 Å². The topological polar surface area (TPSA) is 62.0 Å². The molecule has 23 heavy (non-hydrogen) atoms. The molecule has 1 aromatic heterocycles. The number of carbonyl (C=O) groups is 1. The summed E-state index contributed by atoms with van der Waals surface area (Å²) in [5.41, 5.74) is 3.92. The summed E-state index contributed by atoms with van der Waals surface area (Å²) in [5, 5.41) is 3.76. The molecule has 1 heterocycles. The van der Waals surface area contributed by atoms with Crippen LogP contribution in [0, 0.1) is 13.8 Å². The van der Waals surface area contributed by atoms with E-state index in [1.54, 1.807) is 12.1 Å². The van der Waals surface area contributed by atoms with Crippen molar-refractivity contribution in [2.75, 3.05) is 0 Å². The van der Waals surface area contributed by atoms with Gasteiger partial charge in [0.05, 0.1) is 5.52 Å². The van der Waals surface area contributed by atoms with Crippen molar-refractivity contribution in [1.29, 1.82) is 0 Å². The number of carbonyl (C=O) groups excluding carboxylic acids is 1. The number of aryl methyl sites for hydroxylation is 2. The van der Waals surface area contributed by atoms with E-state index in [1.807, 2.05) is 50.2 Å². The molecule has 3 rings (SSSR count). The van der Waals surface area contributed by atoms with Crippen molar-refractivity contribution in [3.63, 3.8) is 0 Å². The zero-order chi connectivity index (χ0) is 16.4. The minimum absolute atomic E-state index is 0.170. The molecule has 2 aromatic carbocycles. The van der Waals surface area contributed by atoms with Crippen LogP contribution >= 0.6 is 0 Å². The maximum Gasteiger partial charge on any atom is 0.253 e. The Balaban J connectivity index is 1.82. The summed E-state index contributed by atoms with van der Waals surface area (Å²) in [4.78, 5) is 27.2. The molecule has 2 N–H and O–H groups in total. The van der Waals surface area contributed by atoms with Crippen LogP contribution in [0.5, 0.6) is 0 Å². The van der Waals surface area contributed by atoms with Crippen LogP contribution in [-0.2, 0) is 6.54 Å². The van der Waals surface area contributed by atoms with Crippen LogP contribution in [0.25, 0.3) is 10.9 Å². The summed E-state index contributed by atoms with van der Waals surface area (Å²) < 4.78 is 0. The molecule has 0 aliphatic heterocycles. The fourth-order valence-corrected chi connectivity index (χ4v) is 2.54. The zero-order valence-corrected chi connectivity index (χ0v) is 13.1. The van der Waals surface area contributed by atoms with Gasteiger partial charge in [0.2, 0.25) is 0 Å². The van der Waals surface area contributed by atoms with E-state index in [2.05, 4.69) is 10.3 Å². The van der Waals surface area contributed by atoms with E-state index in [4.69, 9.17) is 0 Å². The molecule has 0 atom stereocenters. The number of pyridine rings is 1. The molecule has 3 aromatic rings. The van der Waals surface area contributed by atoms with Gasteiger partial charge < -0.3 is 10.3 Å². The second-order valence-electron chi connectivity index (χ2n) is 5.71. The number of para-hydroxylation sites is 1. The number of H-pyrrole nitrogens is 1. The van der Waals surface area contributed by atoms with E-state index >= 15 is 0 Å². The molecule has 0 aliphatic carbocycles. The SMILES string of the molecule is Cc1ccc(C(=O)NCc2cc3cccc(C)c3[nH]c2=O)cc1. The first-order chi connectivity index (χ1) is 11.0. The average Bonchev–Trinajstić information content (AvgIpc) is 2.54. The normalized spacial score (nSPS) is 10.7. The molecule has 0 saturated carbocycles. The third-order valence-corrected chi connectivity index (χ3v) is 3.92. The monoisotopic (exact) mass is 306 g/mol. The van der Waals surface area contributed by atoms with Gasteiger partial charge in [-0.25, -0.2) is 0 Å². The van der Waals surface area contributed by atoms with Crippen molar-refractivity contribution in [3.05, 3.63) is 81.1 Å². The van der Waals surface area contributed by atoms with Crippen molar-refractivity contribution < 1.29 is 4.79 Å². The Kier molecular flexibility index (Phi) is 3.98. The molecule has 0 fully saturated rings. The number of aromatic amines is 1. The standard InChI is InChI=1S/C19H18N2O2/c1-12-6-8-14(9-7-12)18(22)20-11-16-10-15-5-3-4-13(2)17(15)21-19(16)23/h3-10H,11H2,1-2H3,(H,20,22)(H,21,23). The Labute approximate surface area is 134 Å². The number of fused-ring (bicyclic) bond motifs is 1. The van der Waals surface area contributed by atoms with Crippen LogP contribution in [0.1, 0.15) is 27.0 Å². The molecule has 0 saturated heterocycles. The third kappa shape index (κ3) is 3.16. The Hall–Kier alpha value is -2.88. The lowest BCUT2D eigenvalue weighted by Gasteiger charge is -2.07. The molecule has 0 unspecified atom stereocenters. The highest BCUT2D eigenvalue weighted by molar-refractivity contribution is 5.94. The van der Waals surface area contributed by atoms with Crippen LogP contribution < -0.4 is 10.9 Å². The number of amides is 1. The highest BCUT2D eigenvalue weighted by Crippen LogP contribution is 2.15. The number of hydrogen-bond donors (Lipinski definition) is 2. The third-order valence-electron chi connectivity index (χ3n) is 3.92. The number of rotatable bonds is 3. The lowest BCUT2D eigenvalue weighted by molar-refractivity contribution is 0.0951. The fraction of sp³-hybridized carbons (Fsp3) is 0.158. The van der Waals surface area contributed by atoms with Gasteiger partial charge >= 0.3 is 0 Å². The number of aromatic nitrogens is 1. The van der Waals surface area contributed by atoms with E-state index in [-0.39, 0.29) is 18.0 Å². The van der Waals surface area contributed by atoms with Gasteiger partial charge in [-0.15, -0.1) is 0 Å². The van der Waals surface area contributed by atoms with Crippen LogP contribution in [0.4, 0.5) is 0 Å². The summed E-state index contributed by atoms with van der Waals surface area (Å²) in [6.45, 7) is 4.13. The quantitative estimate of drug-likeness (QED) is 0.781. The highest BCUT2D eigenvalue weighted by Gasteiger charge is 2.08. The first kappa shape index (κ1) is 15.0. The minimum Gasteiger partial charge on any atom is -0.348 e. The maximum absolute atomic E-state index is 12.2. The Morgan fingerprint density at radius 3 is 2.57 bits per heavy atom. The molecular formula is C19H18N2O2. The second-order valence-corrected chi connectivity index (χ2v) is 5.71. The van der Waals surface area contributed by atoms with Gasteiger partial charge in [-0.3, -0.25) is 9.59 Å². The van der Waals surface area contributed by atoms with Crippen molar-refractivity contribution in [3.8, 4) is 0 Å². The summed E-state index contributed by atoms with van der Waals surface area (Å²) >= 11 is 0. The summed E-state index contributed by atoms with van der Waals surface area (Å²) in [5.74, 6) is -0.186. The molecule has 0 spiro atoms. The number of nitrogens with one attached hydrogen (secondary N) is 2. The lowest BCUT2D eigenvalue weighted by atomic mass is 10.1. The molecule has 4 heteroatoms. The largest absolute Gasteiger partial charge is 0.348 e. The van der Waals surface area contributed by atoms with Gasteiger partial charge in [-0.2, -0.15) is 0 Å². The van der Waals surface area contributed by atoms with E-state index in [9.17, 15) is 9.59 Å². The number of benzene rings is 2. The van der Waals surface area contributed by atoms with E-state index in [0.717, 1.165) is 22.0 Å². The lowest BCUT2D eigenvalue weighted by Crippen LogP contribution is -2.26. The van der Waals surface area contributed by atoms with Crippen molar-refractivity contribution in [1.82, 2.24) is 10.3 Å². The van der Waals surface area contributed by atoms with Gasteiger partial charge in [-0.1, -0.05) is 35.9 Å². The highest BCUT2D eigenvalue weighted by atomic mass is 16.1. The first-order valence-corrected chi connectivity index (χ1v) is 7.51. The van der Waals surface area contributed by atoms with E-state index in [0.29, 0.717) is 11.1 Å². The zero-order valence-electron chi connectivity index (χ0n) is 13.1. The fourth-order valence-electron chi connectivity index (χ4n) is 2.54. The second kappa shape index (κ2) is 6.08. The van der Waals surface area contributed by atoms with Crippen LogP contribution in [-0.4, -0.2) is 10.9 Å². The Morgan fingerprint density at radius 2 is 1.83 bits per heavy atom. The van der Waals surface area contributed by atoms with Gasteiger partial charge in [0, 0.05) is 17.7 Å². The van der Waals surface area contributed by atoms with E-state index in [1.165, 1.54) is 0 Å². The van der Waals surface area contributed by atoms with Gasteiger partial charge in [0.25, 0.3) is 11.5 Å². The molecule has 1 amide bonds. The summed E-state index contributed by atoms with van der Waals surface area (Å²) in [7, 11) is 0. The average molecular weight is 306 g/mol. The smallest absolute Gasteiger partial charge is 0.253 e. The minimum atomic E-state index is -0.186. The van der Waals surface area contributed by atoms with Crippen molar-refractivity contribution >= 4 is 16.8 Å². The van der Waals surface area contributed by atoms with Crippen molar-refractivity contribution in [2.45, 2.75) is 20.4 Å². The number of hydrogen-bond acceptors (Lipinski definition) is 2. The van der Waals surface area contributed by atoms with Gasteiger partial charge in [0.1, 0.15) is 0 Å². The predicted octanol–water partition coefficient (Wildman–Crippen LogP) is 3.07. The molecule has 0 radical (unpaired) electrons. The maximum atomic E-state index is 12.2. The van der Waals surface area contributed by atoms with Gasteiger partial charge in [0.15, 0.2) is 0 Å². The summed E-state index contributed by atoms with van der Waals surface area (Å²) in [6.07, 6.45) is 0. The van der Waals surface area contributed by atoms with Crippen LogP contribution in [0.2, 0.25) is 0 Å². The molecule has 0 aliphatic rings. The predicted molar refractivity (Wildman–Crippen MR) is 91.7 cm³/mol. The Morgan fingerprint density at radius 1 is 1.09 bits per heavy atom. The molecule has 116 valence electrons. The molecular weight excluding hydrogens is 288 g/mol. The van der Waals surface area contributed by atoms with Crippen molar-refractivity contribution in [2.24, 2.45) is 0 Å². The Bertz CT molecular complexity index is 924.